The second kappa shape index (κ2) is 6.65. The van der Waals surface area contributed by atoms with E-state index in [1.165, 1.54) is 12.4 Å². The molecule has 3 N–H and O–H groups in total. The molecule has 110 valence electrons. The van der Waals surface area contributed by atoms with Crippen LogP contribution >= 0.6 is 23.2 Å². The van der Waals surface area contributed by atoms with Crippen molar-refractivity contribution in [2.45, 2.75) is 13.0 Å². The van der Waals surface area contributed by atoms with Gasteiger partial charge < -0.3 is 15.8 Å². The van der Waals surface area contributed by atoms with E-state index in [0.29, 0.717) is 27.2 Å². The van der Waals surface area contributed by atoms with Crippen molar-refractivity contribution in [1.82, 2.24) is 4.98 Å². The molecule has 1 aromatic carbocycles. The van der Waals surface area contributed by atoms with Gasteiger partial charge in [0.25, 0.3) is 5.91 Å². The van der Waals surface area contributed by atoms with Gasteiger partial charge in [-0.2, -0.15) is 0 Å². The summed E-state index contributed by atoms with van der Waals surface area (Å²) in [7, 11) is 0. The zero-order valence-electron chi connectivity index (χ0n) is 11.1. The zero-order chi connectivity index (χ0) is 15.4. The second-order valence-electron chi connectivity index (χ2n) is 4.33. The van der Waals surface area contributed by atoms with Gasteiger partial charge in [0.2, 0.25) is 0 Å². The molecule has 0 aliphatic rings. The maximum atomic E-state index is 12.1. The Morgan fingerprint density at radius 1 is 1.33 bits per heavy atom. The van der Waals surface area contributed by atoms with Crippen LogP contribution in [0.15, 0.2) is 36.7 Å². The number of hydrogen-bond acceptors (Lipinski definition) is 4. The Balaban J connectivity index is 2.02. The molecule has 0 aliphatic carbocycles. The number of aromatic nitrogens is 1. The highest BCUT2D eigenvalue weighted by Crippen LogP contribution is 2.24. The van der Waals surface area contributed by atoms with E-state index in [1.807, 2.05) is 0 Å². The lowest BCUT2D eigenvalue weighted by molar-refractivity contribution is -0.122. The third kappa shape index (κ3) is 4.24. The minimum atomic E-state index is -0.737. The fourth-order valence-corrected chi connectivity index (χ4v) is 1.98. The summed E-state index contributed by atoms with van der Waals surface area (Å²) in [5.74, 6) is 0.0650. The van der Waals surface area contributed by atoms with Crippen LogP contribution in [0.1, 0.15) is 6.92 Å². The summed E-state index contributed by atoms with van der Waals surface area (Å²) < 4.78 is 5.47. The summed E-state index contributed by atoms with van der Waals surface area (Å²) in [5, 5.41) is 3.46. The van der Waals surface area contributed by atoms with Crippen LogP contribution in [-0.4, -0.2) is 17.0 Å². The van der Waals surface area contributed by atoms with Crippen LogP contribution in [-0.2, 0) is 4.79 Å². The van der Waals surface area contributed by atoms with Gasteiger partial charge in [-0.05, 0) is 25.1 Å². The van der Waals surface area contributed by atoms with E-state index in [-0.39, 0.29) is 5.91 Å². The van der Waals surface area contributed by atoms with Crippen LogP contribution in [0.2, 0.25) is 10.0 Å². The summed E-state index contributed by atoms with van der Waals surface area (Å²) in [4.78, 5) is 15.9. The predicted molar refractivity (Wildman–Crippen MR) is 83.8 cm³/mol. The monoisotopic (exact) mass is 325 g/mol. The van der Waals surface area contributed by atoms with Crippen LogP contribution < -0.4 is 15.8 Å². The first-order valence-corrected chi connectivity index (χ1v) is 6.84. The molecule has 5 nitrogen and oxygen atoms in total. The molecule has 2 rings (SSSR count). The molecular weight excluding hydrogens is 313 g/mol. The number of nitrogens with two attached hydrogens (primary N) is 1. The Labute approximate surface area is 132 Å². The second-order valence-corrected chi connectivity index (χ2v) is 5.17. The van der Waals surface area contributed by atoms with Crippen molar-refractivity contribution >= 4 is 40.5 Å². The van der Waals surface area contributed by atoms with Gasteiger partial charge in [-0.1, -0.05) is 23.2 Å². The third-order valence-corrected chi connectivity index (χ3v) is 3.13. The Morgan fingerprint density at radius 3 is 2.76 bits per heavy atom. The lowest BCUT2D eigenvalue weighted by Crippen LogP contribution is -2.30. The van der Waals surface area contributed by atoms with Crippen LogP contribution in [0.25, 0.3) is 0 Å². The number of anilines is 2. The van der Waals surface area contributed by atoms with Gasteiger partial charge in [0.15, 0.2) is 6.10 Å². The van der Waals surface area contributed by atoms with E-state index in [9.17, 15) is 4.79 Å². The molecule has 1 heterocycles. The minimum Gasteiger partial charge on any atom is -0.479 e. The summed E-state index contributed by atoms with van der Waals surface area (Å²) in [5.41, 5.74) is 6.58. The largest absolute Gasteiger partial charge is 0.479 e. The SMILES string of the molecule is CC(Oc1cncc(Cl)c1)C(=O)Nc1ccc(N)cc1Cl. The highest BCUT2D eigenvalue weighted by molar-refractivity contribution is 6.34. The average molecular weight is 326 g/mol. The van der Waals surface area contributed by atoms with E-state index in [0.717, 1.165) is 0 Å². The molecule has 0 radical (unpaired) electrons. The average Bonchev–Trinajstić information content (AvgIpc) is 2.41. The molecule has 7 heteroatoms. The Bertz CT molecular complexity index is 664. The van der Waals surface area contributed by atoms with Gasteiger partial charge in [0, 0.05) is 18.0 Å². The number of halogens is 2. The molecule has 0 fully saturated rings. The van der Waals surface area contributed by atoms with E-state index in [4.69, 9.17) is 33.7 Å². The number of rotatable bonds is 4. The first kappa shape index (κ1) is 15.4. The van der Waals surface area contributed by atoms with Gasteiger partial charge >= 0.3 is 0 Å². The van der Waals surface area contributed by atoms with E-state index in [1.54, 1.807) is 31.2 Å². The minimum absolute atomic E-state index is 0.346. The first-order chi connectivity index (χ1) is 9.95. The number of carbonyl (C=O) groups excluding carboxylic acids is 1. The predicted octanol–water partition coefficient (Wildman–Crippen LogP) is 3.38. The number of nitrogen functional groups attached to an aromatic ring is 1. The molecule has 0 spiro atoms. The van der Waals surface area contributed by atoms with Gasteiger partial charge in [-0.15, -0.1) is 0 Å². The Morgan fingerprint density at radius 2 is 2.10 bits per heavy atom. The Hall–Kier alpha value is -1.98. The summed E-state index contributed by atoms with van der Waals surface area (Å²) in [6, 6.07) is 6.41. The number of amides is 1. The number of pyridine rings is 1. The fraction of sp³-hybridized carbons (Fsp3) is 0.143. The number of hydrogen-bond donors (Lipinski definition) is 2. The summed E-state index contributed by atoms with van der Waals surface area (Å²) >= 11 is 11.8. The number of nitrogens with one attached hydrogen (secondary N) is 1. The number of nitrogens with zero attached hydrogens (tertiary/aromatic N) is 1. The molecule has 1 aromatic heterocycles. The molecular formula is C14H13Cl2N3O2. The van der Waals surface area contributed by atoms with Crippen molar-refractivity contribution in [2.75, 3.05) is 11.1 Å². The first-order valence-electron chi connectivity index (χ1n) is 6.09. The Kier molecular flexibility index (Phi) is 4.88. The van der Waals surface area contributed by atoms with Crippen molar-refractivity contribution in [2.24, 2.45) is 0 Å². The molecule has 0 bridgehead atoms. The van der Waals surface area contributed by atoms with E-state index in [2.05, 4.69) is 10.3 Å². The smallest absolute Gasteiger partial charge is 0.265 e. The van der Waals surface area contributed by atoms with Crippen LogP contribution in [0.4, 0.5) is 11.4 Å². The zero-order valence-corrected chi connectivity index (χ0v) is 12.7. The molecule has 0 saturated heterocycles. The van der Waals surface area contributed by atoms with Crippen molar-refractivity contribution in [3.8, 4) is 5.75 Å². The van der Waals surface area contributed by atoms with Crippen molar-refractivity contribution in [3.63, 3.8) is 0 Å². The lowest BCUT2D eigenvalue weighted by atomic mass is 10.2. The maximum absolute atomic E-state index is 12.1. The topological polar surface area (TPSA) is 77.2 Å². The highest BCUT2D eigenvalue weighted by atomic mass is 35.5. The molecule has 1 unspecified atom stereocenters. The summed E-state index contributed by atoms with van der Waals surface area (Å²) in [6.07, 6.45) is 2.22. The van der Waals surface area contributed by atoms with Crippen molar-refractivity contribution < 1.29 is 9.53 Å². The quantitative estimate of drug-likeness (QED) is 0.845. The van der Waals surface area contributed by atoms with E-state index >= 15 is 0 Å². The molecule has 2 aromatic rings. The van der Waals surface area contributed by atoms with Crippen molar-refractivity contribution in [3.05, 3.63) is 46.7 Å². The molecule has 1 atom stereocenters. The van der Waals surface area contributed by atoms with Gasteiger partial charge in [-0.3, -0.25) is 9.78 Å². The highest BCUT2D eigenvalue weighted by Gasteiger charge is 2.16. The van der Waals surface area contributed by atoms with Gasteiger partial charge in [0.1, 0.15) is 5.75 Å². The number of ether oxygens (including phenoxy) is 1. The summed E-state index contributed by atoms with van der Waals surface area (Å²) in [6.45, 7) is 1.61. The standard InChI is InChI=1S/C14H13Cl2N3O2/c1-8(21-11-4-9(15)6-18-7-11)14(20)19-13-3-2-10(17)5-12(13)16/h2-8H,17H2,1H3,(H,19,20). The molecule has 1 amide bonds. The van der Waals surface area contributed by atoms with Gasteiger partial charge in [0.05, 0.1) is 21.9 Å². The van der Waals surface area contributed by atoms with Crippen molar-refractivity contribution in [1.29, 1.82) is 0 Å². The van der Waals surface area contributed by atoms with E-state index < -0.39 is 6.10 Å². The third-order valence-electron chi connectivity index (χ3n) is 2.61. The molecule has 0 saturated carbocycles. The lowest BCUT2D eigenvalue weighted by Gasteiger charge is -2.15. The van der Waals surface area contributed by atoms with Crippen LogP contribution in [0.3, 0.4) is 0 Å². The van der Waals surface area contributed by atoms with Gasteiger partial charge in [-0.25, -0.2) is 0 Å². The molecule has 21 heavy (non-hydrogen) atoms. The maximum Gasteiger partial charge on any atom is 0.265 e. The van der Waals surface area contributed by atoms with Crippen LogP contribution in [0, 0.1) is 0 Å². The molecule has 0 aliphatic heterocycles. The normalized spacial score (nSPS) is 11.8. The fourth-order valence-electron chi connectivity index (χ4n) is 1.58. The number of benzene rings is 1. The van der Waals surface area contributed by atoms with Crippen LogP contribution in [0.5, 0.6) is 5.75 Å². The number of carbonyl (C=O) groups is 1.